The predicted molar refractivity (Wildman–Crippen MR) is 132 cm³/mol. The standard InChI is InChI=1S/C24H19N3O3S3/c28-24(23-13-7-15-32-23)27-21(22-12-6-14-31-22)16-20(25-27)18-10-4-5-11-19(18)26-33(29,30)17-8-2-1-3-9-17/h1-15,21,26H,16H2/t21-/m1/s1. The number of carbonyl (C=O) groups is 1. The highest BCUT2D eigenvalue weighted by Crippen LogP contribution is 2.38. The minimum Gasteiger partial charge on any atom is -0.279 e. The van der Waals surface area contributed by atoms with Crippen LogP contribution in [0.3, 0.4) is 0 Å². The van der Waals surface area contributed by atoms with Gasteiger partial charge in [0.15, 0.2) is 0 Å². The van der Waals surface area contributed by atoms with Crippen LogP contribution in [0, 0.1) is 0 Å². The summed E-state index contributed by atoms with van der Waals surface area (Å²) in [5, 5.41) is 10.1. The highest BCUT2D eigenvalue weighted by molar-refractivity contribution is 7.92. The van der Waals surface area contributed by atoms with Crippen molar-refractivity contribution >= 4 is 50.0 Å². The van der Waals surface area contributed by atoms with Gasteiger partial charge in [-0.3, -0.25) is 9.52 Å². The Morgan fingerprint density at radius 3 is 2.36 bits per heavy atom. The Morgan fingerprint density at radius 1 is 0.909 bits per heavy atom. The Labute approximate surface area is 199 Å². The van der Waals surface area contributed by atoms with Gasteiger partial charge in [-0.15, -0.1) is 22.7 Å². The van der Waals surface area contributed by atoms with E-state index in [9.17, 15) is 13.2 Å². The lowest BCUT2D eigenvalue weighted by atomic mass is 10.0. The summed E-state index contributed by atoms with van der Waals surface area (Å²) in [6, 6.07) is 22.7. The van der Waals surface area contributed by atoms with Crippen LogP contribution in [0.5, 0.6) is 0 Å². The summed E-state index contributed by atoms with van der Waals surface area (Å²) in [4.78, 5) is 15.0. The molecule has 1 N–H and O–H groups in total. The fourth-order valence-corrected chi connectivity index (χ4v) is 6.27. The molecule has 1 atom stereocenters. The third-order valence-corrected chi connectivity index (χ3v) is 8.47. The number of amides is 1. The minimum atomic E-state index is -3.77. The van der Waals surface area contributed by atoms with Gasteiger partial charge in [-0.25, -0.2) is 13.4 Å². The molecule has 0 saturated heterocycles. The van der Waals surface area contributed by atoms with Crippen LogP contribution in [0.1, 0.15) is 32.6 Å². The Hall–Kier alpha value is -3.27. The van der Waals surface area contributed by atoms with Crippen molar-refractivity contribution in [3.05, 3.63) is 105 Å². The number of carbonyl (C=O) groups excluding carboxylic acids is 1. The van der Waals surface area contributed by atoms with E-state index in [1.54, 1.807) is 59.9 Å². The highest BCUT2D eigenvalue weighted by atomic mass is 32.2. The fourth-order valence-electron chi connectivity index (χ4n) is 3.70. The number of thiophene rings is 2. The molecular formula is C24H19N3O3S3. The number of hydrogen-bond acceptors (Lipinski definition) is 6. The normalized spacial score (nSPS) is 15.9. The summed E-state index contributed by atoms with van der Waals surface area (Å²) in [6.07, 6.45) is 0.488. The van der Waals surface area contributed by atoms with Crippen LogP contribution in [0.15, 0.2) is 99.6 Å². The first kappa shape index (κ1) is 21.6. The molecule has 166 valence electrons. The lowest BCUT2D eigenvalue weighted by Crippen LogP contribution is -2.25. The topological polar surface area (TPSA) is 78.8 Å². The molecule has 5 rings (SSSR count). The van der Waals surface area contributed by atoms with E-state index < -0.39 is 10.0 Å². The molecule has 0 saturated carbocycles. The molecule has 1 amide bonds. The van der Waals surface area contributed by atoms with Gasteiger partial charge in [0.1, 0.15) is 0 Å². The SMILES string of the molecule is O=C(c1cccs1)N1N=C(c2ccccc2NS(=O)(=O)c2ccccc2)C[C@@H]1c1cccs1. The van der Waals surface area contributed by atoms with E-state index in [4.69, 9.17) is 5.10 Å². The molecule has 2 aromatic carbocycles. The number of nitrogens with one attached hydrogen (secondary N) is 1. The lowest BCUT2D eigenvalue weighted by Gasteiger charge is -2.19. The first-order valence-electron chi connectivity index (χ1n) is 10.2. The van der Waals surface area contributed by atoms with Crippen molar-refractivity contribution in [1.29, 1.82) is 0 Å². The number of anilines is 1. The largest absolute Gasteiger partial charge is 0.284 e. The molecule has 6 nitrogen and oxygen atoms in total. The molecular weight excluding hydrogens is 474 g/mol. The van der Waals surface area contributed by atoms with Crippen molar-refractivity contribution in [1.82, 2.24) is 5.01 Å². The number of sulfonamides is 1. The van der Waals surface area contributed by atoms with Gasteiger partial charge >= 0.3 is 0 Å². The third-order valence-electron chi connectivity index (χ3n) is 5.26. The molecule has 1 aliphatic rings. The Morgan fingerprint density at radius 2 is 1.64 bits per heavy atom. The van der Waals surface area contributed by atoms with Gasteiger partial charge in [0.2, 0.25) is 0 Å². The average Bonchev–Trinajstić information content (AvgIpc) is 3.61. The van der Waals surface area contributed by atoms with E-state index in [0.29, 0.717) is 28.3 Å². The van der Waals surface area contributed by atoms with Gasteiger partial charge in [-0.1, -0.05) is 48.5 Å². The summed E-state index contributed by atoms with van der Waals surface area (Å²) >= 11 is 2.95. The molecule has 0 spiro atoms. The Balaban J connectivity index is 1.52. The van der Waals surface area contributed by atoms with Crippen LogP contribution in [-0.2, 0) is 10.0 Å². The average molecular weight is 494 g/mol. The molecule has 33 heavy (non-hydrogen) atoms. The summed E-state index contributed by atoms with van der Waals surface area (Å²) in [6.45, 7) is 0. The first-order valence-corrected chi connectivity index (χ1v) is 13.4. The molecule has 0 aliphatic carbocycles. The van der Waals surface area contributed by atoms with Crippen molar-refractivity contribution in [3.8, 4) is 0 Å². The number of rotatable bonds is 6. The molecule has 0 fully saturated rings. The molecule has 1 aliphatic heterocycles. The maximum atomic E-state index is 13.2. The van der Waals surface area contributed by atoms with Crippen molar-refractivity contribution in [3.63, 3.8) is 0 Å². The second-order valence-electron chi connectivity index (χ2n) is 7.37. The smallest absolute Gasteiger partial charge is 0.279 e. The summed E-state index contributed by atoms with van der Waals surface area (Å²) < 4.78 is 28.6. The lowest BCUT2D eigenvalue weighted by molar-refractivity contribution is 0.0719. The highest BCUT2D eigenvalue weighted by Gasteiger charge is 2.35. The minimum absolute atomic E-state index is 0.166. The Kier molecular flexibility index (Phi) is 5.84. The van der Waals surface area contributed by atoms with Crippen LogP contribution in [0.2, 0.25) is 0 Å². The van der Waals surface area contributed by atoms with Crippen molar-refractivity contribution in [2.24, 2.45) is 5.10 Å². The summed E-state index contributed by atoms with van der Waals surface area (Å²) in [5.74, 6) is -0.166. The second-order valence-corrected chi connectivity index (χ2v) is 11.0. The van der Waals surface area contributed by atoms with Crippen LogP contribution < -0.4 is 4.72 Å². The second kappa shape index (κ2) is 8.93. The molecule has 4 aromatic rings. The Bertz CT molecular complexity index is 1400. The van der Waals surface area contributed by atoms with Gasteiger partial charge in [-0.05, 0) is 41.1 Å². The van der Waals surface area contributed by atoms with Crippen molar-refractivity contribution in [2.75, 3.05) is 4.72 Å². The van der Waals surface area contributed by atoms with E-state index in [0.717, 1.165) is 4.88 Å². The number of para-hydroxylation sites is 1. The maximum absolute atomic E-state index is 13.2. The fraction of sp³-hybridized carbons (Fsp3) is 0.0833. The summed E-state index contributed by atoms with van der Waals surface area (Å²) in [5.41, 5.74) is 1.74. The number of nitrogens with zero attached hydrogens (tertiary/aromatic N) is 2. The zero-order chi connectivity index (χ0) is 22.8. The van der Waals surface area contributed by atoms with E-state index in [2.05, 4.69) is 4.72 Å². The van der Waals surface area contributed by atoms with E-state index in [1.165, 1.54) is 16.3 Å². The van der Waals surface area contributed by atoms with E-state index in [1.807, 2.05) is 41.1 Å². The van der Waals surface area contributed by atoms with Crippen LogP contribution in [0.4, 0.5) is 5.69 Å². The molecule has 3 heterocycles. The van der Waals surface area contributed by atoms with Crippen molar-refractivity contribution < 1.29 is 13.2 Å². The van der Waals surface area contributed by atoms with Gasteiger partial charge in [0, 0.05) is 16.9 Å². The van der Waals surface area contributed by atoms with Crippen molar-refractivity contribution in [2.45, 2.75) is 17.4 Å². The number of benzene rings is 2. The molecule has 0 unspecified atom stereocenters. The van der Waals surface area contributed by atoms with Gasteiger partial charge in [0.25, 0.3) is 15.9 Å². The van der Waals surface area contributed by atoms with Gasteiger partial charge < -0.3 is 0 Å². The van der Waals surface area contributed by atoms with Crippen LogP contribution in [-0.4, -0.2) is 25.0 Å². The predicted octanol–water partition coefficient (Wildman–Crippen LogP) is 5.60. The zero-order valence-corrected chi connectivity index (χ0v) is 19.7. The maximum Gasteiger partial charge on any atom is 0.284 e. The van der Waals surface area contributed by atoms with Gasteiger partial charge in [0.05, 0.1) is 27.2 Å². The number of hydrazone groups is 1. The quantitative estimate of drug-likeness (QED) is 0.380. The van der Waals surface area contributed by atoms with E-state index >= 15 is 0 Å². The monoisotopic (exact) mass is 493 g/mol. The van der Waals surface area contributed by atoms with Crippen LogP contribution in [0.25, 0.3) is 0 Å². The number of hydrogen-bond donors (Lipinski definition) is 1. The van der Waals surface area contributed by atoms with E-state index in [-0.39, 0.29) is 16.8 Å². The molecule has 0 bridgehead atoms. The molecule has 9 heteroatoms. The van der Waals surface area contributed by atoms with Crippen LogP contribution >= 0.6 is 22.7 Å². The zero-order valence-electron chi connectivity index (χ0n) is 17.3. The first-order chi connectivity index (χ1) is 16.0. The molecule has 0 radical (unpaired) electrons. The van der Waals surface area contributed by atoms with Gasteiger partial charge in [-0.2, -0.15) is 5.10 Å². The molecule has 2 aromatic heterocycles. The third kappa shape index (κ3) is 4.35. The summed E-state index contributed by atoms with van der Waals surface area (Å²) in [7, 11) is -3.77.